The lowest BCUT2D eigenvalue weighted by atomic mass is 9.98. The fraction of sp³-hybridized carbons (Fsp3) is 0.859. The summed E-state index contributed by atoms with van der Waals surface area (Å²) in [5, 5.41) is 31.7. The van der Waals surface area contributed by atoms with Crippen molar-refractivity contribution in [3.63, 3.8) is 0 Å². The van der Waals surface area contributed by atoms with E-state index >= 15 is 0 Å². The van der Waals surface area contributed by atoms with Crippen molar-refractivity contribution in [1.82, 2.24) is 0 Å². The number of aliphatic hydroxyl groups is 2. The number of carboxylic acid groups (broad SMARTS) is 1. The average molecular weight is 1170 g/mol. The molecule has 0 aliphatic carbocycles. The van der Waals surface area contributed by atoms with Crippen molar-refractivity contribution in [3.8, 4) is 0 Å². The first-order valence-corrected chi connectivity index (χ1v) is 35.0. The lowest BCUT2D eigenvalue weighted by Crippen LogP contribution is -2.61. The van der Waals surface area contributed by atoms with E-state index in [0.29, 0.717) is 19.3 Å². The summed E-state index contributed by atoms with van der Waals surface area (Å²) in [4.78, 5) is 51.4. The number of unbranched alkanes of at least 4 members (excludes halogenated alkanes) is 41. The molecule has 1 saturated heterocycles. The molecule has 0 radical (unpaired) electrons. The molecule has 1 fully saturated rings. The van der Waals surface area contributed by atoms with Gasteiger partial charge in [0.25, 0.3) is 0 Å². The molecule has 0 amide bonds. The predicted molar refractivity (Wildman–Crippen MR) is 340 cm³/mol. The number of carbonyl (C=O) groups is 4. The van der Waals surface area contributed by atoms with Crippen LogP contribution in [0.15, 0.2) is 36.5 Å². The summed E-state index contributed by atoms with van der Waals surface area (Å²) in [5.74, 6) is -3.10. The number of esters is 3. The molecule has 83 heavy (non-hydrogen) atoms. The molecule has 12 heteroatoms. The van der Waals surface area contributed by atoms with Crippen LogP contribution in [-0.2, 0) is 42.9 Å². The summed E-state index contributed by atoms with van der Waals surface area (Å²) in [6.45, 7) is 6.03. The number of aliphatic carboxylic acids is 1. The quantitative estimate of drug-likeness (QED) is 0.0228. The van der Waals surface area contributed by atoms with Gasteiger partial charge in [0.05, 0.1) is 6.61 Å². The Kier molecular flexibility index (Phi) is 55.7. The van der Waals surface area contributed by atoms with E-state index in [1.54, 1.807) is 0 Å². The minimum Gasteiger partial charge on any atom is -0.479 e. The van der Waals surface area contributed by atoms with Crippen LogP contribution in [0.5, 0.6) is 0 Å². The minimum atomic E-state index is -1.90. The zero-order valence-electron chi connectivity index (χ0n) is 53.7. The van der Waals surface area contributed by atoms with Crippen molar-refractivity contribution < 1.29 is 58.2 Å². The van der Waals surface area contributed by atoms with Crippen LogP contribution in [0.25, 0.3) is 0 Å². The minimum absolute atomic E-state index is 0.0581. The highest BCUT2D eigenvalue weighted by Crippen LogP contribution is 2.27. The molecule has 1 aliphatic heterocycles. The molecule has 0 bridgehead atoms. The summed E-state index contributed by atoms with van der Waals surface area (Å²) in [7, 11) is 0. The number of allylic oxidation sites excluding steroid dienone is 6. The summed E-state index contributed by atoms with van der Waals surface area (Å²) < 4.78 is 28.6. The maximum atomic E-state index is 13.2. The van der Waals surface area contributed by atoms with Gasteiger partial charge in [-0.25, -0.2) is 4.79 Å². The van der Waals surface area contributed by atoms with Gasteiger partial charge in [-0.3, -0.25) is 14.4 Å². The highest BCUT2D eigenvalue weighted by atomic mass is 16.7. The van der Waals surface area contributed by atoms with Gasteiger partial charge in [-0.1, -0.05) is 282 Å². The lowest BCUT2D eigenvalue weighted by Gasteiger charge is -2.40. The van der Waals surface area contributed by atoms with Gasteiger partial charge in [0, 0.05) is 19.3 Å². The number of carboxylic acids is 1. The molecule has 1 rings (SSSR count). The maximum absolute atomic E-state index is 13.2. The molecule has 6 unspecified atom stereocenters. The third-order valence-electron chi connectivity index (χ3n) is 16.2. The van der Waals surface area contributed by atoms with E-state index in [2.05, 4.69) is 57.2 Å². The molecule has 0 spiro atoms. The smallest absolute Gasteiger partial charge is 0.335 e. The number of ether oxygens (including phenoxy) is 5. The molecule has 6 atom stereocenters. The van der Waals surface area contributed by atoms with Crippen LogP contribution in [0, 0.1) is 0 Å². The fourth-order valence-electron chi connectivity index (χ4n) is 10.8. The Morgan fingerprint density at radius 1 is 0.398 bits per heavy atom. The van der Waals surface area contributed by atoms with Crippen molar-refractivity contribution >= 4 is 23.9 Å². The first kappa shape index (κ1) is 78.0. The summed E-state index contributed by atoms with van der Waals surface area (Å²) in [6, 6.07) is 0. The second kappa shape index (κ2) is 59.3. The van der Waals surface area contributed by atoms with Gasteiger partial charge in [0.2, 0.25) is 0 Å². The van der Waals surface area contributed by atoms with Crippen LogP contribution in [0.3, 0.4) is 0 Å². The van der Waals surface area contributed by atoms with Gasteiger partial charge in [-0.2, -0.15) is 0 Å². The van der Waals surface area contributed by atoms with Crippen molar-refractivity contribution in [1.29, 1.82) is 0 Å². The van der Waals surface area contributed by atoms with Gasteiger partial charge in [-0.15, -0.1) is 0 Å². The Balaban J connectivity index is 2.61. The van der Waals surface area contributed by atoms with E-state index in [9.17, 15) is 34.5 Å². The predicted octanol–water partition coefficient (Wildman–Crippen LogP) is 19.1. The monoisotopic (exact) mass is 1170 g/mol. The first-order valence-electron chi connectivity index (χ1n) is 35.0. The van der Waals surface area contributed by atoms with Crippen molar-refractivity contribution in [2.45, 2.75) is 379 Å². The first-order chi connectivity index (χ1) is 40.6. The van der Waals surface area contributed by atoms with Crippen LogP contribution >= 0.6 is 0 Å². The molecule has 484 valence electrons. The molecule has 0 saturated carbocycles. The van der Waals surface area contributed by atoms with E-state index in [4.69, 9.17) is 23.7 Å². The van der Waals surface area contributed by atoms with E-state index < -0.39 is 67.3 Å². The van der Waals surface area contributed by atoms with Gasteiger partial charge < -0.3 is 39.0 Å². The molecule has 12 nitrogen and oxygen atoms in total. The maximum Gasteiger partial charge on any atom is 0.335 e. The van der Waals surface area contributed by atoms with Crippen LogP contribution < -0.4 is 0 Å². The Bertz CT molecular complexity index is 1580. The van der Waals surface area contributed by atoms with Gasteiger partial charge in [0.15, 0.2) is 24.6 Å². The largest absolute Gasteiger partial charge is 0.479 e. The molecule has 0 aromatic rings. The number of carbonyl (C=O) groups excluding carboxylic acids is 3. The molecule has 0 aromatic heterocycles. The zero-order chi connectivity index (χ0) is 60.3. The van der Waals surface area contributed by atoms with Crippen LogP contribution in [-0.4, -0.2) is 89.2 Å². The number of hydrogen-bond acceptors (Lipinski definition) is 11. The lowest BCUT2D eigenvalue weighted by molar-refractivity contribution is -0.301. The van der Waals surface area contributed by atoms with E-state index in [1.807, 2.05) is 0 Å². The molecular weight excluding hydrogens is 1040 g/mol. The van der Waals surface area contributed by atoms with Crippen LogP contribution in [0.4, 0.5) is 0 Å². The second-order valence-electron chi connectivity index (χ2n) is 24.2. The summed E-state index contributed by atoms with van der Waals surface area (Å²) in [5.41, 5.74) is 0. The molecule has 1 heterocycles. The average Bonchev–Trinajstić information content (AvgIpc) is 3.60. The van der Waals surface area contributed by atoms with E-state index in [-0.39, 0.29) is 25.9 Å². The SMILES string of the molecule is CCCCC/C=C\C/C=C\CCCCCCCCCCCC(=O)OC1C(OCC(COC(=O)CCCCCCCCCCCCCCCCCCCCC)OC(=O)CCCCCCC/C=C\CCCCCCCC)OC(C(=O)O)C(O)C1O. The number of hydrogen-bond donors (Lipinski definition) is 3. The van der Waals surface area contributed by atoms with Crippen molar-refractivity contribution in [3.05, 3.63) is 36.5 Å². The van der Waals surface area contributed by atoms with E-state index in [1.165, 1.54) is 186 Å². The van der Waals surface area contributed by atoms with Crippen LogP contribution in [0.2, 0.25) is 0 Å². The van der Waals surface area contributed by atoms with Gasteiger partial charge in [-0.05, 0) is 77.0 Å². The summed E-state index contributed by atoms with van der Waals surface area (Å²) >= 11 is 0. The second-order valence-corrected chi connectivity index (χ2v) is 24.2. The van der Waals surface area contributed by atoms with Crippen LogP contribution in [0.1, 0.15) is 342 Å². The molecular formula is C71H128O12. The normalized spacial score (nSPS) is 17.7. The van der Waals surface area contributed by atoms with Gasteiger partial charge in [0.1, 0.15) is 18.8 Å². The Hall–Kier alpha value is -3.06. The Morgan fingerprint density at radius 2 is 0.723 bits per heavy atom. The molecule has 1 aliphatic rings. The highest BCUT2D eigenvalue weighted by Gasteiger charge is 2.50. The fourth-order valence-corrected chi connectivity index (χ4v) is 10.8. The topological polar surface area (TPSA) is 175 Å². The van der Waals surface area contributed by atoms with Crippen molar-refractivity contribution in [2.75, 3.05) is 13.2 Å². The summed E-state index contributed by atoms with van der Waals surface area (Å²) in [6.07, 6.45) is 59.5. The molecule has 0 aromatic carbocycles. The molecule has 3 N–H and O–H groups in total. The zero-order valence-corrected chi connectivity index (χ0v) is 53.7. The number of rotatable bonds is 61. The standard InChI is InChI=1S/C71H128O12/c1-4-7-10-13-16-19-22-25-28-30-32-34-37-39-42-45-48-51-54-57-63(72)79-60-62(81-64(73)58-55-52-49-46-43-40-36-27-24-21-18-15-12-9-6-3)61-80-71-69(67(76)66(75)68(83-71)70(77)78)82-65(74)59-56-53-50-47-44-41-38-35-33-31-29-26-23-20-17-14-11-8-5-2/h17,20,26-27,29,36,62,66-69,71,75-76H,4-16,18-19,21-25,28,30-35,37-61H2,1-3H3,(H,77,78)/b20-17-,29-26-,36-27-. The third kappa shape index (κ3) is 48.7. The van der Waals surface area contributed by atoms with E-state index in [0.717, 1.165) is 96.3 Å². The Morgan fingerprint density at radius 3 is 1.12 bits per heavy atom. The highest BCUT2D eigenvalue weighted by molar-refractivity contribution is 5.74. The number of aliphatic hydroxyl groups excluding tert-OH is 2. The van der Waals surface area contributed by atoms with Crippen molar-refractivity contribution in [2.24, 2.45) is 0 Å². The van der Waals surface area contributed by atoms with Gasteiger partial charge >= 0.3 is 23.9 Å². The Labute approximate surface area is 508 Å². The third-order valence-corrected chi connectivity index (χ3v) is 16.2.